The Morgan fingerprint density at radius 2 is 1.55 bits per heavy atom. The van der Waals surface area contributed by atoms with E-state index in [1.807, 2.05) is 12.1 Å². The predicted molar refractivity (Wildman–Crippen MR) is 114 cm³/mol. The standard InChI is InChI=1S/C22H29F3N3P/c1-21(2,3)29(20-11-13-26-14-12-20,28-15-6-4-5-7-16-28)27-19-10-8-9-18(17-19)22(23,24)25/h8-14,17H,4-7,15-16H2,1-3H3/t29-/m0/s1. The molecule has 1 aromatic heterocycles. The van der Waals surface area contributed by atoms with E-state index in [2.05, 4.69) is 30.4 Å². The number of alkyl halides is 3. The predicted octanol–water partition coefficient (Wildman–Crippen LogP) is 6.85. The van der Waals surface area contributed by atoms with Gasteiger partial charge in [-0.15, -0.1) is 0 Å². The van der Waals surface area contributed by atoms with Crippen molar-refractivity contribution in [1.29, 1.82) is 0 Å². The summed E-state index contributed by atoms with van der Waals surface area (Å²) in [5, 5.41) is 0.826. The van der Waals surface area contributed by atoms with Crippen LogP contribution in [-0.2, 0) is 6.18 Å². The molecule has 29 heavy (non-hydrogen) atoms. The smallest absolute Gasteiger partial charge is 0.265 e. The fourth-order valence-electron chi connectivity index (χ4n) is 4.05. The lowest BCUT2D eigenvalue weighted by molar-refractivity contribution is -0.137. The summed E-state index contributed by atoms with van der Waals surface area (Å²) in [6, 6.07) is 9.40. The summed E-state index contributed by atoms with van der Waals surface area (Å²) in [5.41, 5.74) is -0.263. The highest BCUT2D eigenvalue weighted by atomic mass is 31.2. The SMILES string of the molecule is CC(C)(C)[P@](=Nc1cccc(C(F)(F)F)c1)(c1ccncc1)N1CCCCCC1. The minimum Gasteiger partial charge on any atom is -0.265 e. The van der Waals surface area contributed by atoms with Gasteiger partial charge in [-0.2, -0.15) is 13.2 Å². The highest BCUT2D eigenvalue weighted by Gasteiger charge is 2.41. The van der Waals surface area contributed by atoms with Crippen LogP contribution in [0, 0.1) is 0 Å². The van der Waals surface area contributed by atoms with Crippen LogP contribution in [0.4, 0.5) is 18.9 Å². The van der Waals surface area contributed by atoms with E-state index in [9.17, 15) is 13.2 Å². The van der Waals surface area contributed by atoms with Gasteiger partial charge in [-0.3, -0.25) is 9.65 Å². The van der Waals surface area contributed by atoms with Crippen LogP contribution in [-0.4, -0.2) is 27.9 Å². The molecule has 1 saturated heterocycles. The molecule has 0 N–H and O–H groups in total. The molecule has 3 nitrogen and oxygen atoms in total. The van der Waals surface area contributed by atoms with E-state index in [1.165, 1.54) is 25.0 Å². The van der Waals surface area contributed by atoms with Crippen molar-refractivity contribution in [1.82, 2.24) is 9.65 Å². The van der Waals surface area contributed by atoms with Crippen molar-refractivity contribution in [2.24, 2.45) is 4.74 Å². The van der Waals surface area contributed by atoms with Crippen LogP contribution in [0.3, 0.4) is 0 Å². The van der Waals surface area contributed by atoms with E-state index < -0.39 is 18.9 Å². The monoisotopic (exact) mass is 423 g/mol. The molecule has 1 aliphatic heterocycles. The quantitative estimate of drug-likeness (QED) is 0.505. The molecule has 2 aromatic rings. The van der Waals surface area contributed by atoms with Crippen molar-refractivity contribution in [3.05, 3.63) is 54.4 Å². The first kappa shape index (κ1) is 22.0. The van der Waals surface area contributed by atoms with E-state index in [0.717, 1.165) is 37.3 Å². The maximum Gasteiger partial charge on any atom is 0.416 e. The molecule has 0 aliphatic carbocycles. The highest BCUT2D eigenvalue weighted by molar-refractivity contribution is 7.73. The minimum atomic E-state index is -4.38. The van der Waals surface area contributed by atoms with Gasteiger partial charge in [-0.25, -0.2) is 4.74 Å². The lowest BCUT2D eigenvalue weighted by atomic mass is 10.2. The first-order valence-corrected chi connectivity index (χ1v) is 11.8. The van der Waals surface area contributed by atoms with Gasteiger partial charge in [0.05, 0.1) is 18.5 Å². The fraction of sp³-hybridized carbons (Fsp3) is 0.500. The molecule has 1 atom stereocenters. The van der Waals surface area contributed by atoms with E-state index in [-0.39, 0.29) is 5.16 Å². The average Bonchev–Trinajstić information content (AvgIpc) is 2.95. The Balaban J connectivity index is 2.28. The lowest BCUT2D eigenvalue weighted by Crippen LogP contribution is -2.37. The normalized spacial score (nSPS) is 18.7. The summed E-state index contributed by atoms with van der Waals surface area (Å²) >= 11 is 0. The minimum absolute atomic E-state index is 0.243. The second-order valence-corrected chi connectivity index (χ2v) is 12.3. The van der Waals surface area contributed by atoms with Gasteiger partial charge in [-0.05, 0) is 43.2 Å². The number of hydrogen-bond acceptors (Lipinski definition) is 2. The van der Waals surface area contributed by atoms with E-state index >= 15 is 0 Å². The summed E-state index contributed by atoms with van der Waals surface area (Å²) in [4.78, 5) is 4.17. The highest BCUT2D eigenvalue weighted by Crippen LogP contribution is 2.64. The third kappa shape index (κ3) is 4.75. The third-order valence-electron chi connectivity index (χ3n) is 5.38. The van der Waals surface area contributed by atoms with Crippen LogP contribution < -0.4 is 5.30 Å². The topological polar surface area (TPSA) is 28.5 Å². The van der Waals surface area contributed by atoms with Crippen molar-refractivity contribution < 1.29 is 13.2 Å². The van der Waals surface area contributed by atoms with Gasteiger partial charge >= 0.3 is 6.18 Å². The molecule has 7 heteroatoms. The molecular weight excluding hydrogens is 394 g/mol. The molecule has 2 heterocycles. The first-order chi connectivity index (χ1) is 13.6. The number of benzene rings is 1. The number of rotatable bonds is 3. The summed E-state index contributed by atoms with van der Waals surface area (Å²) in [6.45, 7) is 8.29. The molecule has 1 fully saturated rings. The van der Waals surface area contributed by atoms with Crippen molar-refractivity contribution in [3.8, 4) is 0 Å². The lowest BCUT2D eigenvalue weighted by Gasteiger charge is -2.45. The van der Waals surface area contributed by atoms with Gasteiger partial charge in [-0.1, -0.05) is 39.7 Å². The third-order valence-corrected chi connectivity index (χ3v) is 10.0. The molecule has 1 aromatic carbocycles. The maximum atomic E-state index is 13.3. The Hall–Kier alpha value is -1.65. The molecule has 0 bridgehead atoms. The molecular formula is C22H29F3N3P. The molecule has 1 aliphatic rings. The summed E-state index contributed by atoms with van der Waals surface area (Å²) in [5.74, 6) is 0. The van der Waals surface area contributed by atoms with Gasteiger partial charge in [0.25, 0.3) is 0 Å². The van der Waals surface area contributed by atoms with Crippen LogP contribution in [0.2, 0.25) is 0 Å². The van der Waals surface area contributed by atoms with Crippen LogP contribution in [0.25, 0.3) is 0 Å². The summed E-state index contributed by atoms with van der Waals surface area (Å²) < 4.78 is 47.6. The zero-order valence-corrected chi connectivity index (χ0v) is 18.2. The van der Waals surface area contributed by atoms with Crippen molar-refractivity contribution in [3.63, 3.8) is 0 Å². The Kier molecular flexibility index (Phi) is 6.54. The molecule has 0 spiro atoms. The van der Waals surface area contributed by atoms with Crippen molar-refractivity contribution in [2.45, 2.75) is 57.8 Å². The van der Waals surface area contributed by atoms with E-state index in [1.54, 1.807) is 18.5 Å². The number of pyridine rings is 1. The molecule has 158 valence electrons. The summed E-state index contributed by atoms with van der Waals surface area (Å²) in [7, 11) is -2.38. The first-order valence-electron chi connectivity index (χ1n) is 10.1. The number of halogens is 3. The second kappa shape index (κ2) is 8.61. The van der Waals surface area contributed by atoms with Gasteiger partial charge in [0.15, 0.2) is 0 Å². The Morgan fingerprint density at radius 1 is 0.931 bits per heavy atom. The van der Waals surface area contributed by atoms with Crippen LogP contribution >= 0.6 is 7.21 Å². The largest absolute Gasteiger partial charge is 0.416 e. The molecule has 0 radical (unpaired) electrons. The molecule has 0 amide bonds. The summed E-state index contributed by atoms with van der Waals surface area (Å²) in [6.07, 6.45) is 3.67. The van der Waals surface area contributed by atoms with Crippen LogP contribution in [0.5, 0.6) is 0 Å². The average molecular weight is 423 g/mol. The Bertz CT molecular complexity index is 865. The zero-order valence-electron chi connectivity index (χ0n) is 17.3. The molecule has 0 saturated carbocycles. The van der Waals surface area contributed by atoms with Crippen LogP contribution in [0.15, 0.2) is 53.5 Å². The zero-order chi connectivity index (χ0) is 21.1. The van der Waals surface area contributed by atoms with Gasteiger partial charge < -0.3 is 0 Å². The molecule has 3 rings (SSSR count). The second-order valence-electron chi connectivity index (χ2n) is 8.49. The van der Waals surface area contributed by atoms with E-state index in [4.69, 9.17) is 4.74 Å². The fourth-order valence-corrected chi connectivity index (χ4v) is 8.41. The Morgan fingerprint density at radius 3 is 2.10 bits per heavy atom. The van der Waals surface area contributed by atoms with Crippen LogP contribution in [0.1, 0.15) is 52.0 Å². The van der Waals surface area contributed by atoms with Crippen molar-refractivity contribution >= 4 is 18.2 Å². The van der Waals surface area contributed by atoms with Gasteiger partial charge in [0, 0.05) is 35.9 Å². The Labute approximate surface area is 171 Å². The molecule has 0 unspecified atom stereocenters. The number of hydrogen-bond donors (Lipinski definition) is 0. The van der Waals surface area contributed by atoms with Gasteiger partial charge in [0.1, 0.15) is 0 Å². The number of nitrogens with zero attached hydrogens (tertiary/aromatic N) is 3. The number of aromatic nitrogens is 1. The van der Waals surface area contributed by atoms with Gasteiger partial charge in [0.2, 0.25) is 0 Å². The maximum absolute atomic E-state index is 13.3. The van der Waals surface area contributed by atoms with Crippen molar-refractivity contribution in [2.75, 3.05) is 13.1 Å². The van der Waals surface area contributed by atoms with E-state index in [0.29, 0.717) is 5.69 Å².